The van der Waals surface area contributed by atoms with Crippen LogP contribution >= 0.6 is 11.8 Å². The summed E-state index contributed by atoms with van der Waals surface area (Å²) < 4.78 is 41.8. The van der Waals surface area contributed by atoms with Crippen LogP contribution in [-0.4, -0.2) is 16.4 Å². The lowest BCUT2D eigenvalue weighted by Crippen LogP contribution is -2.12. The van der Waals surface area contributed by atoms with Gasteiger partial charge in [0.05, 0.1) is 0 Å². The lowest BCUT2D eigenvalue weighted by molar-refractivity contribution is -0.0328. The predicted octanol–water partition coefficient (Wildman–Crippen LogP) is 4.16. The van der Waals surface area contributed by atoms with Crippen LogP contribution in [0.15, 0.2) is 50.5 Å². The van der Waals surface area contributed by atoms with Gasteiger partial charge in [-0.1, -0.05) is 18.2 Å². The minimum Gasteiger partial charge on any atom is -0.507 e. The first-order chi connectivity index (χ1) is 11.2. The number of thioether (sulfide) groups is 1. The number of hydrogen-bond acceptors (Lipinski definition) is 5. The summed E-state index contributed by atoms with van der Waals surface area (Å²) in [5.74, 6) is -1.18. The molecule has 0 fully saturated rings. The maximum atomic E-state index is 12.3. The van der Waals surface area contributed by atoms with Crippen LogP contribution < -0.4 is 5.63 Å². The van der Waals surface area contributed by atoms with E-state index in [1.54, 1.807) is 0 Å². The van der Waals surface area contributed by atoms with Crippen LogP contribution in [0, 0.1) is 6.92 Å². The van der Waals surface area contributed by atoms with Gasteiger partial charge in [0, 0.05) is 11.0 Å². The third-order valence-electron chi connectivity index (χ3n) is 2.82. The van der Waals surface area contributed by atoms with Crippen LogP contribution in [0.3, 0.4) is 0 Å². The van der Waals surface area contributed by atoms with Crippen molar-refractivity contribution in [1.29, 1.82) is 0 Å². The van der Waals surface area contributed by atoms with Crippen molar-refractivity contribution < 1.29 is 27.5 Å². The van der Waals surface area contributed by atoms with Crippen molar-refractivity contribution in [3.05, 3.63) is 63.7 Å². The summed E-state index contributed by atoms with van der Waals surface area (Å²) in [7, 11) is 0. The minimum atomic E-state index is -4.41. The topological polar surface area (TPSA) is 67.5 Å². The number of ketones is 1. The Balaban J connectivity index is 2.24. The van der Waals surface area contributed by atoms with Gasteiger partial charge in [-0.25, -0.2) is 4.79 Å². The number of carbonyl (C=O) groups is 1. The summed E-state index contributed by atoms with van der Waals surface area (Å²) in [4.78, 5) is 23.6. The summed E-state index contributed by atoms with van der Waals surface area (Å²) >= 11 is -0.272. The Labute approximate surface area is 138 Å². The molecule has 0 aliphatic rings. The van der Waals surface area contributed by atoms with Crippen molar-refractivity contribution in [2.24, 2.45) is 0 Å². The Morgan fingerprint density at radius 3 is 2.62 bits per heavy atom. The molecule has 2 aromatic rings. The Morgan fingerprint density at radius 1 is 1.29 bits per heavy atom. The molecular weight excluding hydrogens is 345 g/mol. The number of allylic oxidation sites excluding steroid dienone is 1. The highest BCUT2D eigenvalue weighted by molar-refractivity contribution is 8.00. The quantitative estimate of drug-likeness (QED) is 0.506. The molecular formula is C16H11F3O4S. The van der Waals surface area contributed by atoms with Crippen molar-refractivity contribution in [2.75, 3.05) is 0 Å². The Bertz CT molecular complexity index is 853. The second-order valence-corrected chi connectivity index (χ2v) is 5.86. The van der Waals surface area contributed by atoms with E-state index in [9.17, 15) is 27.9 Å². The van der Waals surface area contributed by atoms with Gasteiger partial charge in [-0.3, -0.25) is 4.79 Å². The lowest BCUT2D eigenvalue weighted by Gasteiger charge is -2.05. The van der Waals surface area contributed by atoms with Gasteiger partial charge in [0.15, 0.2) is 5.78 Å². The van der Waals surface area contributed by atoms with Crippen LogP contribution in [0.5, 0.6) is 5.75 Å². The van der Waals surface area contributed by atoms with E-state index in [-0.39, 0.29) is 22.4 Å². The normalized spacial score (nSPS) is 11.8. The second kappa shape index (κ2) is 6.96. The van der Waals surface area contributed by atoms with Gasteiger partial charge in [-0.2, -0.15) is 13.2 Å². The predicted molar refractivity (Wildman–Crippen MR) is 83.1 cm³/mol. The average Bonchev–Trinajstić information content (AvgIpc) is 2.42. The maximum Gasteiger partial charge on any atom is 0.446 e. The first kappa shape index (κ1) is 17.9. The van der Waals surface area contributed by atoms with Gasteiger partial charge in [0.25, 0.3) is 0 Å². The highest BCUT2D eigenvalue weighted by atomic mass is 32.2. The number of hydrogen-bond donors (Lipinski definition) is 1. The van der Waals surface area contributed by atoms with E-state index in [2.05, 4.69) is 0 Å². The van der Waals surface area contributed by atoms with Crippen molar-refractivity contribution >= 4 is 23.6 Å². The van der Waals surface area contributed by atoms with Crippen LogP contribution in [0.25, 0.3) is 6.08 Å². The van der Waals surface area contributed by atoms with Crippen LogP contribution in [0.2, 0.25) is 0 Å². The van der Waals surface area contributed by atoms with E-state index in [4.69, 9.17) is 4.42 Å². The summed E-state index contributed by atoms with van der Waals surface area (Å²) in [6.45, 7) is 1.44. The van der Waals surface area contributed by atoms with Crippen LogP contribution in [0.1, 0.15) is 21.7 Å². The smallest absolute Gasteiger partial charge is 0.446 e. The molecule has 0 saturated heterocycles. The number of aryl methyl sites for hydroxylation is 1. The van der Waals surface area contributed by atoms with Gasteiger partial charge < -0.3 is 9.52 Å². The lowest BCUT2D eigenvalue weighted by atomic mass is 10.1. The van der Waals surface area contributed by atoms with Crippen molar-refractivity contribution in [3.63, 3.8) is 0 Å². The average molecular weight is 356 g/mol. The first-order valence-electron chi connectivity index (χ1n) is 6.57. The summed E-state index contributed by atoms with van der Waals surface area (Å²) in [6.07, 6.45) is 2.24. The van der Waals surface area contributed by atoms with Crippen molar-refractivity contribution in [2.45, 2.75) is 17.3 Å². The number of benzene rings is 1. The standard InChI is InChI=1S/C16H11F3O4S/c1-9-7-13(21)14(15(22)23-9)12(20)6-5-10-3-2-4-11(8-10)24-16(17,18)19/h2-8,21H,1H3/b6-5+. The van der Waals surface area contributed by atoms with E-state index >= 15 is 0 Å². The second-order valence-electron chi connectivity index (χ2n) is 4.72. The zero-order chi connectivity index (χ0) is 17.9. The fourth-order valence-electron chi connectivity index (χ4n) is 1.89. The monoisotopic (exact) mass is 356 g/mol. The van der Waals surface area contributed by atoms with E-state index in [0.29, 0.717) is 5.56 Å². The number of halogens is 3. The third-order valence-corrected chi connectivity index (χ3v) is 3.54. The third kappa shape index (κ3) is 4.76. The molecule has 0 aliphatic carbocycles. The van der Waals surface area contributed by atoms with Gasteiger partial charge >= 0.3 is 11.1 Å². The summed E-state index contributed by atoms with van der Waals surface area (Å²) in [5.41, 5.74) is -5.58. The van der Waals surface area contributed by atoms with Gasteiger partial charge in [0.1, 0.15) is 17.1 Å². The molecule has 2 rings (SSSR count). The minimum absolute atomic E-state index is 0.0326. The Hall–Kier alpha value is -2.48. The number of aromatic hydroxyl groups is 1. The number of rotatable bonds is 4. The molecule has 126 valence electrons. The van der Waals surface area contributed by atoms with Crippen LogP contribution in [0.4, 0.5) is 13.2 Å². The largest absolute Gasteiger partial charge is 0.507 e. The molecule has 0 saturated carbocycles. The van der Waals surface area contributed by atoms with Gasteiger partial charge in [0.2, 0.25) is 0 Å². The molecule has 1 N–H and O–H groups in total. The molecule has 0 spiro atoms. The molecule has 0 radical (unpaired) electrons. The zero-order valence-electron chi connectivity index (χ0n) is 12.3. The molecule has 0 aliphatic heterocycles. The molecule has 1 aromatic carbocycles. The fourth-order valence-corrected chi connectivity index (χ4v) is 2.50. The highest BCUT2D eigenvalue weighted by Gasteiger charge is 2.29. The zero-order valence-corrected chi connectivity index (χ0v) is 13.1. The number of carbonyl (C=O) groups excluding carboxylic acids is 1. The Kier molecular flexibility index (Phi) is 5.18. The molecule has 1 aromatic heterocycles. The molecule has 0 amide bonds. The molecule has 0 atom stereocenters. The van der Waals surface area contributed by atoms with Crippen LogP contribution in [-0.2, 0) is 0 Å². The first-order valence-corrected chi connectivity index (χ1v) is 7.39. The van der Waals surface area contributed by atoms with Crippen molar-refractivity contribution in [3.8, 4) is 5.75 Å². The molecule has 0 bridgehead atoms. The molecule has 4 nitrogen and oxygen atoms in total. The fraction of sp³-hybridized carbons (Fsp3) is 0.125. The highest BCUT2D eigenvalue weighted by Crippen LogP contribution is 2.37. The van der Waals surface area contributed by atoms with E-state index < -0.39 is 28.2 Å². The molecule has 0 unspecified atom stereocenters. The van der Waals surface area contributed by atoms with E-state index in [1.807, 2.05) is 0 Å². The maximum absolute atomic E-state index is 12.3. The van der Waals surface area contributed by atoms with Crippen molar-refractivity contribution in [1.82, 2.24) is 0 Å². The van der Waals surface area contributed by atoms with E-state index in [0.717, 1.165) is 12.1 Å². The molecule has 8 heteroatoms. The van der Waals surface area contributed by atoms with Gasteiger partial charge in [-0.05, 0) is 42.5 Å². The van der Waals surface area contributed by atoms with Gasteiger partial charge in [-0.15, -0.1) is 0 Å². The molecule has 1 heterocycles. The summed E-state index contributed by atoms with van der Waals surface area (Å²) in [5, 5.41) is 9.67. The Morgan fingerprint density at radius 2 is 2.00 bits per heavy atom. The summed E-state index contributed by atoms with van der Waals surface area (Å²) in [6, 6.07) is 6.58. The van der Waals surface area contributed by atoms with E-state index in [1.165, 1.54) is 37.3 Å². The molecule has 24 heavy (non-hydrogen) atoms. The SMILES string of the molecule is Cc1cc(O)c(C(=O)/C=C/c2cccc(SC(F)(F)F)c2)c(=O)o1. The number of alkyl halides is 3.